The Morgan fingerprint density at radius 2 is 1.81 bits per heavy atom. The smallest absolute Gasteiger partial charge is 0.134 e. The molecule has 0 spiro atoms. The van der Waals surface area contributed by atoms with Gasteiger partial charge in [-0.15, -0.1) is 0 Å². The van der Waals surface area contributed by atoms with Crippen LogP contribution in [0, 0.1) is 18.6 Å². The predicted molar refractivity (Wildman–Crippen MR) is 78.1 cm³/mol. The summed E-state index contributed by atoms with van der Waals surface area (Å²) < 4.78 is 34.2. The van der Waals surface area contributed by atoms with E-state index in [0.29, 0.717) is 25.0 Å². The van der Waals surface area contributed by atoms with Crippen LogP contribution < -0.4 is 0 Å². The Hall–Kier alpha value is -1.00. The Morgan fingerprint density at radius 1 is 1.19 bits per heavy atom. The van der Waals surface area contributed by atoms with Gasteiger partial charge in [-0.1, -0.05) is 31.7 Å². The van der Waals surface area contributed by atoms with Crippen LogP contribution in [-0.4, -0.2) is 17.3 Å². The number of benzene rings is 1. The molecule has 1 aromatic rings. The summed E-state index contributed by atoms with van der Waals surface area (Å²) in [4.78, 5) is 0. The number of hydrogen-bond donors (Lipinski definition) is 1. The first-order valence-electron chi connectivity index (χ1n) is 7.78. The van der Waals surface area contributed by atoms with Crippen molar-refractivity contribution in [2.24, 2.45) is 0 Å². The van der Waals surface area contributed by atoms with Gasteiger partial charge in [-0.05, 0) is 38.3 Å². The lowest BCUT2D eigenvalue weighted by Gasteiger charge is -2.37. The standard InChI is InChI=1S/C17H24F2O2/c1-3-21-17(10-6-4-5-7-11-17)16(20)14-13(18)9-8-12(2)15(14)19/h8-9,16,20H,3-7,10-11H2,1-2H3. The fraction of sp³-hybridized carbons (Fsp3) is 0.647. The largest absolute Gasteiger partial charge is 0.385 e. The lowest BCUT2D eigenvalue weighted by molar-refractivity contribution is -0.133. The van der Waals surface area contributed by atoms with Crippen molar-refractivity contribution in [3.63, 3.8) is 0 Å². The molecular formula is C17H24F2O2. The highest BCUT2D eigenvalue weighted by atomic mass is 19.1. The van der Waals surface area contributed by atoms with Crippen molar-refractivity contribution in [3.8, 4) is 0 Å². The first-order chi connectivity index (χ1) is 10.0. The van der Waals surface area contributed by atoms with E-state index in [2.05, 4.69) is 0 Å². The summed E-state index contributed by atoms with van der Waals surface area (Å²) in [6, 6.07) is 2.61. The van der Waals surface area contributed by atoms with Crippen LogP contribution in [0.15, 0.2) is 12.1 Å². The Kier molecular flexibility index (Phi) is 5.33. The quantitative estimate of drug-likeness (QED) is 0.833. The maximum Gasteiger partial charge on any atom is 0.134 e. The molecule has 1 atom stereocenters. The van der Waals surface area contributed by atoms with E-state index >= 15 is 0 Å². The van der Waals surface area contributed by atoms with Gasteiger partial charge in [0, 0.05) is 6.61 Å². The number of ether oxygens (including phenoxy) is 1. The number of aliphatic hydroxyl groups is 1. The lowest BCUT2D eigenvalue weighted by atomic mass is 9.83. The lowest BCUT2D eigenvalue weighted by Crippen LogP contribution is -2.40. The highest BCUT2D eigenvalue weighted by molar-refractivity contribution is 5.30. The maximum atomic E-state index is 14.3. The molecule has 0 heterocycles. The molecule has 2 rings (SSSR count). The van der Waals surface area contributed by atoms with Crippen LogP contribution in [0.3, 0.4) is 0 Å². The second-order valence-electron chi connectivity index (χ2n) is 5.91. The van der Waals surface area contributed by atoms with Crippen LogP contribution in [-0.2, 0) is 4.74 Å². The number of halogens is 2. The van der Waals surface area contributed by atoms with Gasteiger partial charge in [0.2, 0.25) is 0 Å². The zero-order valence-electron chi connectivity index (χ0n) is 12.8. The van der Waals surface area contributed by atoms with Crippen molar-refractivity contribution in [3.05, 3.63) is 34.9 Å². The van der Waals surface area contributed by atoms with Crippen molar-refractivity contribution >= 4 is 0 Å². The van der Waals surface area contributed by atoms with Crippen molar-refractivity contribution < 1.29 is 18.6 Å². The molecule has 1 saturated carbocycles. The zero-order valence-corrected chi connectivity index (χ0v) is 12.8. The molecule has 1 aromatic carbocycles. The molecule has 0 aliphatic heterocycles. The topological polar surface area (TPSA) is 29.5 Å². The van der Waals surface area contributed by atoms with Crippen LogP contribution in [0.4, 0.5) is 8.78 Å². The first-order valence-corrected chi connectivity index (χ1v) is 7.78. The van der Waals surface area contributed by atoms with Gasteiger partial charge in [-0.2, -0.15) is 0 Å². The fourth-order valence-electron chi connectivity index (χ4n) is 3.30. The van der Waals surface area contributed by atoms with Crippen molar-refractivity contribution in [2.75, 3.05) is 6.61 Å². The first kappa shape index (κ1) is 16.4. The van der Waals surface area contributed by atoms with E-state index in [1.165, 1.54) is 12.1 Å². The van der Waals surface area contributed by atoms with Crippen molar-refractivity contribution in [1.82, 2.24) is 0 Å². The van der Waals surface area contributed by atoms with Gasteiger partial charge in [-0.3, -0.25) is 0 Å². The summed E-state index contributed by atoms with van der Waals surface area (Å²) in [5.41, 5.74) is -0.781. The summed E-state index contributed by atoms with van der Waals surface area (Å²) in [5, 5.41) is 10.7. The molecule has 1 fully saturated rings. The van der Waals surface area contributed by atoms with Gasteiger partial charge in [0.15, 0.2) is 0 Å². The predicted octanol–water partition coefficient (Wildman–Crippen LogP) is 4.44. The zero-order chi connectivity index (χ0) is 15.5. The summed E-state index contributed by atoms with van der Waals surface area (Å²) in [6.07, 6.45) is 3.96. The van der Waals surface area contributed by atoms with Gasteiger partial charge >= 0.3 is 0 Å². The molecule has 1 aliphatic rings. The minimum Gasteiger partial charge on any atom is -0.385 e. The third-order valence-electron chi connectivity index (χ3n) is 4.47. The van der Waals surface area contributed by atoms with E-state index in [4.69, 9.17) is 4.74 Å². The molecule has 0 aromatic heterocycles. The highest BCUT2D eigenvalue weighted by Crippen LogP contribution is 2.42. The number of rotatable bonds is 4. The molecule has 21 heavy (non-hydrogen) atoms. The van der Waals surface area contributed by atoms with E-state index in [-0.39, 0.29) is 5.56 Å². The van der Waals surface area contributed by atoms with Gasteiger partial charge in [0.1, 0.15) is 17.7 Å². The molecule has 0 radical (unpaired) electrons. The molecule has 118 valence electrons. The SMILES string of the molecule is CCOC1(C(O)c2c(F)ccc(C)c2F)CCCCCC1. The summed E-state index contributed by atoms with van der Waals surface area (Å²) in [6.45, 7) is 3.85. The normalized spacial score (nSPS) is 20.0. The molecule has 1 unspecified atom stereocenters. The molecule has 4 heteroatoms. The second-order valence-corrected chi connectivity index (χ2v) is 5.91. The summed E-state index contributed by atoms with van der Waals surface area (Å²) in [7, 11) is 0. The van der Waals surface area contributed by atoms with Gasteiger partial charge in [-0.25, -0.2) is 8.78 Å². The summed E-state index contributed by atoms with van der Waals surface area (Å²) >= 11 is 0. The Morgan fingerprint density at radius 3 is 2.38 bits per heavy atom. The Bertz CT molecular complexity index is 480. The third kappa shape index (κ3) is 3.27. The molecule has 2 nitrogen and oxygen atoms in total. The minimum absolute atomic E-state index is 0.245. The van der Waals surface area contributed by atoms with Crippen LogP contribution in [0.25, 0.3) is 0 Å². The van der Waals surface area contributed by atoms with Gasteiger partial charge in [0.25, 0.3) is 0 Å². The number of aryl methyl sites for hydroxylation is 1. The molecule has 1 aliphatic carbocycles. The third-order valence-corrected chi connectivity index (χ3v) is 4.47. The van der Waals surface area contributed by atoms with Crippen LogP contribution in [0.2, 0.25) is 0 Å². The highest BCUT2D eigenvalue weighted by Gasteiger charge is 2.42. The van der Waals surface area contributed by atoms with E-state index in [0.717, 1.165) is 25.7 Å². The van der Waals surface area contributed by atoms with E-state index in [9.17, 15) is 13.9 Å². The monoisotopic (exact) mass is 298 g/mol. The van der Waals surface area contributed by atoms with Crippen molar-refractivity contribution in [2.45, 2.75) is 64.1 Å². The van der Waals surface area contributed by atoms with E-state index in [1.54, 1.807) is 6.92 Å². The van der Waals surface area contributed by atoms with Crippen LogP contribution in [0.1, 0.15) is 62.7 Å². The minimum atomic E-state index is -1.27. The molecular weight excluding hydrogens is 274 g/mol. The number of hydrogen-bond acceptors (Lipinski definition) is 2. The van der Waals surface area contributed by atoms with Gasteiger partial charge in [0.05, 0.1) is 11.2 Å². The maximum absolute atomic E-state index is 14.3. The summed E-state index contributed by atoms with van der Waals surface area (Å²) in [5.74, 6) is -1.36. The average molecular weight is 298 g/mol. The van der Waals surface area contributed by atoms with Gasteiger partial charge < -0.3 is 9.84 Å². The fourth-order valence-corrected chi connectivity index (χ4v) is 3.30. The van der Waals surface area contributed by atoms with Crippen LogP contribution in [0.5, 0.6) is 0 Å². The molecule has 0 amide bonds. The molecule has 1 N–H and O–H groups in total. The van der Waals surface area contributed by atoms with Crippen LogP contribution >= 0.6 is 0 Å². The Labute approximate surface area is 125 Å². The average Bonchev–Trinajstić information content (AvgIpc) is 2.70. The second kappa shape index (κ2) is 6.84. The van der Waals surface area contributed by atoms with E-state index in [1.807, 2.05) is 6.92 Å². The van der Waals surface area contributed by atoms with Crippen molar-refractivity contribution in [1.29, 1.82) is 0 Å². The Balaban J connectivity index is 2.43. The molecule has 0 bridgehead atoms. The molecule has 0 saturated heterocycles. The number of aliphatic hydroxyl groups excluding tert-OH is 1. The van der Waals surface area contributed by atoms with E-state index < -0.39 is 23.3 Å².